The first-order chi connectivity index (χ1) is 10.8. The first-order valence-corrected chi connectivity index (χ1v) is 7.36. The molecule has 112 valence electrons. The zero-order valence-electron chi connectivity index (χ0n) is 11.6. The number of ether oxygens (including phenoxy) is 2. The van der Waals surface area contributed by atoms with Crippen molar-refractivity contribution in [3.05, 3.63) is 47.5 Å². The Labute approximate surface area is 131 Å². The van der Waals surface area contributed by atoms with Gasteiger partial charge in [0, 0.05) is 24.2 Å². The molecule has 0 bridgehead atoms. The van der Waals surface area contributed by atoms with E-state index in [4.69, 9.17) is 25.5 Å². The molecule has 0 aliphatic carbocycles. The lowest BCUT2D eigenvalue weighted by molar-refractivity contribution is 0.137. The third-order valence-corrected chi connectivity index (χ3v) is 3.65. The molecule has 2 heterocycles. The van der Waals surface area contributed by atoms with Crippen LogP contribution in [-0.2, 0) is 0 Å². The lowest BCUT2D eigenvalue weighted by Gasteiger charge is -2.28. The van der Waals surface area contributed by atoms with Gasteiger partial charge < -0.3 is 19.2 Å². The van der Waals surface area contributed by atoms with Gasteiger partial charge in [0.05, 0.1) is 0 Å². The summed E-state index contributed by atoms with van der Waals surface area (Å²) in [5.41, 5.74) is 1.43. The summed E-state index contributed by atoms with van der Waals surface area (Å²) < 4.78 is 17.2. The minimum absolute atomic E-state index is 0.129. The Balaban J connectivity index is 1.63. The van der Waals surface area contributed by atoms with Gasteiger partial charge in [-0.2, -0.15) is 4.98 Å². The molecule has 1 aliphatic rings. The number of halogens is 1. The van der Waals surface area contributed by atoms with E-state index in [-0.39, 0.29) is 12.2 Å². The van der Waals surface area contributed by atoms with Crippen molar-refractivity contribution in [2.45, 2.75) is 6.10 Å². The van der Waals surface area contributed by atoms with Crippen LogP contribution in [0.3, 0.4) is 0 Å². The Morgan fingerprint density at radius 1 is 1.14 bits per heavy atom. The molecule has 1 saturated heterocycles. The number of rotatable bonds is 4. The SMILES string of the molecule is Clc1ccc(Oc2nc3ccccc3o2)c(OC2CNC2)c1. The minimum atomic E-state index is 0.129. The van der Waals surface area contributed by atoms with Gasteiger partial charge in [-0.15, -0.1) is 0 Å². The van der Waals surface area contributed by atoms with E-state index in [2.05, 4.69) is 10.3 Å². The Morgan fingerprint density at radius 3 is 2.77 bits per heavy atom. The van der Waals surface area contributed by atoms with Gasteiger partial charge in [0.15, 0.2) is 17.1 Å². The first-order valence-electron chi connectivity index (χ1n) is 6.98. The number of nitrogens with one attached hydrogen (secondary N) is 1. The predicted octanol–water partition coefficient (Wildman–Crippen LogP) is 3.62. The van der Waals surface area contributed by atoms with Crippen LogP contribution in [0.2, 0.25) is 5.02 Å². The smallest absolute Gasteiger partial charge is 0.400 e. The Bertz CT molecular complexity index is 781. The minimum Gasteiger partial charge on any atom is -0.484 e. The molecule has 1 N–H and O–H groups in total. The van der Waals surface area contributed by atoms with Crippen LogP contribution in [0, 0.1) is 0 Å². The second-order valence-corrected chi connectivity index (χ2v) is 5.48. The average molecular weight is 317 g/mol. The third-order valence-electron chi connectivity index (χ3n) is 3.41. The van der Waals surface area contributed by atoms with E-state index in [9.17, 15) is 0 Å². The molecule has 0 amide bonds. The van der Waals surface area contributed by atoms with Crippen molar-refractivity contribution in [1.82, 2.24) is 10.3 Å². The molecule has 6 heteroatoms. The lowest BCUT2D eigenvalue weighted by atomic mass is 10.2. The van der Waals surface area contributed by atoms with E-state index >= 15 is 0 Å². The second kappa shape index (κ2) is 5.51. The normalized spacial score (nSPS) is 14.8. The van der Waals surface area contributed by atoms with Crippen LogP contribution in [0.5, 0.6) is 17.6 Å². The van der Waals surface area contributed by atoms with Crippen LogP contribution in [0.25, 0.3) is 11.1 Å². The number of nitrogens with zero attached hydrogens (tertiary/aromatic N) is 1. The first kappa shape index (κ1) is 13.4. The number of aromatic nitrogens is 1. The molecule has 2 aromatic carbocycles. The van der Waals surface area contributed by atoms with Crippen LogP contribution in [0.15, 0.2) is 46.9 Å². The molecule has 5 nitrogen and oxygen atoms in total. The van der Waals surface area contributed by atoms with Gasteiger partial charge in [0.25, 0.3) is 0 Å². The summed E-state index contributed by atoms with van der Waals surface area (Å²) in [7, 11) is 0. The van der Waals surface area contributed by atoms with Gasteiger partial charge in [0.1, 0.15) is 11.6 Å². The number of oxazole rings is 1. The summed E-state index contributed by atoms with van der Waals surface area (Å²) >= 11 is 6.04. The van der Waals surface area contributed by atoms with E-state index in [0.717, 1.165) is 18.6 Å². The molecule has 1 aromatic heterocycles. The molecule has 4 rings (SSSR count). The highest BCUT2D eigenvalue weighted by molar-refractivity contribution is 6.30. The third kappa shape index (κ3) is 2.61. The Hall–Kier alpha value is -2.24. The largest absolute Gasteiger partial charge is 0.484 e. The molecule has 22 heavy (non-hydrogen) atoms. The molecule has 1 aliphatic heterocycles. The van der Waals surface area contributed by atoms with Crippen LogP contribution in [0.1, 0.15) is 0 Å². The monoisotopic (exact) mass is 316 g/mol. The van der Waals surface area contributed by atoms with Crippen molar-refractivity contribution in [3.8, 4) is 17.6 Å². The summed E-state index contributed by atoms with van der Waals surface area (Å²) in [5.74, 6) is 1.11. The van der Waals surface area contributed by atoms with Crippen molar-refractivity contribution < 1.29 is 13.9 Å². The highest BCUT2D eigenvalue weighted by atomic mass is 35.5. The van der Waals surface area contributed by atoms with Gasteiger partial charge in [-0.25, -0.2) is 0 Å². The van der Waals surface area contributed by atoms with Gasteiger partial charge in [0.2, 0.25) is 0 Å². The molecule has 0 radical (unpaired) electrons. The fraction of sp³-hybridized carbons (Fsp3) is 0.188. The number of benzene rings is 2. The highest BCUT2D eigenvalue weighted by Crippen LogP contribution is 2.35. The van der Waals surface area contributed by atoms with Crippen molar-refractivity contribution in [3.63, 3.8) is 0 Å². The summed E-state index contributed by atoms with van der Waals surface area (Å²) in [6.07, 6.45) is 0.310. The number of fused-ring (bicyclic) bond motifs is 1. The van der Waals surface area contributed by atoms with Crippen molar-refractivity contribution in [2.75, 3.05) is 13.1 Å². The van der Waals surface area contributed by atoms with Crippen molar-refractivity contribution in [1.29, 1.82) is 0 Å². The quantitative estimate of drug-likeness (QED) is 0.796. The maximum absolute atomic E-state index is 6.04. The molecular weight excluding hydrogens is 304 g/mol. The van der Waals surface area contributed by atoms with E-state index in [1.54, 1.807) is 18.2 Å². The fourth-order valence-electron chi connectivity index (χ4n) is 2.17. The Morgan fingerprint density at radius 2 is 2.00 bits per heavy atom. The zero-order valence-corrected chi connectivity index (χ0v) is 12.3. The van der Waals surface area contributed by atoms with Crippen molar-refractivity contribution >= 4 is 22.7 Å². The molecule has 0 unspecified atom stereocenters. The lowest BCUT2D eigenvalue weighted by Crippen LogP contribution is -2.50. The van der Waals surface area contributed by atoms with Crippen molar-refractivity contribution in [2.24, 2.45) is 0 Å². The molecule has 0 spiro atoms. The zero-order chi connectivity index (χ0) is 14.9. The summed E-state index contributed by atoms with van der Waals surface area (Å²) in [6.45, 7) is 1.63. The van der Waals surface area contributed by atoms with Gasteiger partial charge >= 0.3 is 6.08 Å². The molecular formula is C16H13ClN2O3. The van der Waals surface area contributed by atoms with Crippen LogP contribution >= 0.6 is 11.6 Å². The maximum Gasteiger partial charge on any atom is 0.400 e. The van der Waals surface area contributed by atoms with Gasteiger partial charge in [-0.3, -0.25) is 0 Å². The predicted molar refractivity (Wildman–Crippen MR) is 82.8 cm³/mol. The molecule has 1 fully saturated rings. The Kier molecular flexibility index (Phi) is 3.36. The standard InChI is InChI=1S/C16H13ClN2O3/c17-10-5-6-14(15(7-10)20-11-8-18-9-11)22-16-19-12-3-1-2-4-13(12)21-16/h1-7,11,18H,8-9H2. The molecule has 0 saturated carbocycles. The van der Waals surface area contributed by atoms with Crippen LogP contribution in [-0.4, -0.2) is 24.2 Å². The summed E-state index contributed by atoms with van der Waals surface area (Å²) in [6, 6.07) is 12.7. The topological polar surface area (TPSA) is 56.5 Å². The average Bonchev–Trinajstić information content (AvgIpc) is 2.88. The van der Waals surface area contributed by atoms with Crippen LogP contribution in [0.4, 0.5) is 0 Å². The number of hydrogen-bond acceptors (Lipinski definition) is 5. The van der Waals surface area contributed by atoms with E-state index < -0.39 is 0 Å². The van der Waals surface area contributed by atoms with Gasteiger partial charge in [-0.05, 0) is 24.3 Å². The summed E-state index contributed by atoms with van der Waals surface area (Å²) in [5, 5.41) is 3.74. The summed E-state index contributed by atoms with van der Waals surface area (Å²) in [4.78, 5) is 4.30. The van der Waals surface area contributed by atoms with E-state index in [1.807, 2.05) is 24.3 Å². The van der Waals surface area contributed by atoms with E-state index in [1.165, 1.54) is 0 Å². The number of hydrogen-bond donors (Lipinski definition) is 1. The van der Waals surface area contributed by atoms with E-state index in [0.29, 0.717) is 22.1 Å². The number of para-hydroxylation sites is 2. The van der Waals surface area contributed by atoms with Gasteiger partial charge in [-0.1, -0.05) is 23.7 Å². The molecule has 3 aromatic rings. The fourth-order valence-corrected chi connectivity index (χ4v) is 2.33. The maximum atomic E-state index is 6.04. The highest BCUT2D eigenvalue weighted by Gasteiger charge is 2.21. The molecule has 0 atom stereocenters. The second-order valence-electron chi connectivity index (χ2n) is 5.04. The van der Waals surface area contributed by atoms with Crippen LogP contribution < -0.4 is 14.8 Å².